The van der Waals surface area contributed by atoms with E-state index in [4.69, 9.17) is 12.2 Å². The number of Topliss-reactive ketones (excluding diaryl/α,β-unsaturated/α-hetero) is 1. The van der Waals surface area contributed by atoms with Gasteiger partial charge in [-0.15, -0.1) is 0 Å². The third-order valence-corrected chi connectivity index (χ3v) is 4.61. The van der Waals surface area contributed by atoms with Gasteiger partial charge in [-0.1, -0.05) is 0 Å². The van der Waals surface area contributed by atoms with Crippen LogP contribution in [0.25, 0.3) is 0 Å². The van der Waals surface area contributed by atoms with Crippen molar-refractivity contribution in [1.82, 2.24) is 4.90 Å². The number of hydrogen-bond acceptors (Lipinski definition) is 2. The molecule has 0 radical (unpaired) electrons. The standard InChI is InChI=1S/C16H23N3OS/c1-12(20)13-4-6-14(7-5-13)17-16(21)19(3)15-8-10-18(2)11-9-15/h4-7,15H,8-11H2,1-3H3,(H,17,21)/p+1. The van der Waals surface area contributed by atoms with Crippen LogP contribution < -0.4 is 10.2 Å². The van der Waals surface area contributed by atoms with Gasteiger partial charge in [-0.2, -0.15) is 0 Å². The number of nitrogens with zero attached hydrogens (tertiary/aromatic N) is 1. The molecule has 0 atom stereocenters. The van der Waals surface area contributed by atoms with Crippen LogP contribution in [0.1, 0.15) is 30.1 Å². The third kappa shape index (κ3) is 4.25. The Morgan fingerprint density at radius 2 is 1.86 bits per heavy atom. The number of likely N-dealkylation sites (tertiary alicyclic amines) is 1. The number of carbonyl (C=O) groups excluding carboxylic acids is 1. The lowest BCUT2D eigenvalue weighted by molar-refractivity contribution is -0.885. The van der Waals surface area contributed by atoms with Gasteiger partial charge in [0.25, 0.3) is 0 Å². The summed E-state index contributed by atoms with van der Waals surface area (Å²) in [6.45, 7) is 3.97. The number of thiocarbonyl (C=S) groups is 1. The van der Waals surface area contributed by atoms with Gasteiger partial charge in [0.05, 0.1) is 20.1 Å². The van der Waals surface area contributed by atoms with Crippen molar-refractivity contribution in [2.24, 2.45) is 0 Å². The maximum Gasteiger partial charge on any atom is 0.173 e. The summed E-state index contributed by atoms with van der Waals surface area (Å²) >= 11 is 5.49. The van der Waals surface area contributed by atoms with E-state index in [9.17, 15) is 4.79 Å². The van der Waals surface area contributed by atoms with Gasteiger partial charge in [0.1, 0.15) is 0 Å². The number of nitrogens with one attached hydrogen (secondary N) is 2. The number of rotatable bonds is 3. The second-order valence-electron chi connectivity index (χ2n) is 5.86. The van der Waals surface area contributed by atoms with Crippen LogP contribution >= 0.6 is 12.2 Å². The summed E-state index contributed by atoms with van der Waals surface area (Å²) in [4.78, 5) is 15.0. The molecular formula is C16H24N3OS+. The zero-order chi connectivity index (χ0) is 15.4. The summed E-state index contributed by atoms with van der Waals surface area (Å²) < 4.78 is 0. The first-order chi connectivity index (χ1) is 9.97. The van der Waals surface area contributed by atoms with E-state index in [1.165, 1.54) is 25.9 Å². The number of hydrogen-bond donors (Lipinski definition) is 2. The van der Waals surface area contributed by atoms with E-state index in [2.05, 4.69) is 24.3 Å². The first kappa shape index (κ1) is 15.9. The van der Waals surface area contributed by atoms with E-state index in [0.717, 1.165) is 16.4 Å². The molecule has 0 unspecified atom stereocenters. The molecule has 2 rings (SSSR count). The Morgan fingerprint density at radius 3 is 2.38 bits per heavy atom. The van der Waals surface area contributed by atoms with Crippen molar-refractivity contribution >= 4 is 28.8 Å². The molecule has 0 amide bonds. The fourth-order valence-corrected chi connectivity index (χ4v) is 2.92. The molecule has 1 aliphatic heterocycles. The maximum atomic E-state index is 11.3. The van der Waals surface area contributed by atoms with Crippen molar-refractivity contribution in [2.75, 3.05) is 32.5 Å². The van der Waals surface area contributed by atoms with Crippen LogP contribution in [0.2, 0.25) is 0 Å². The second kappa shape index (κ2) is 7.00. The van der Waals surface area contributed by atoms with Crippen LogP contribution in [0, 0.1) is 0 Å². The molecule has 1 aromatic rings. The summed E-state index contributed by atoms with van der Waals surface area (Å²) in [5, 5.41) is 4.00. The van der Waals surface area contributed by atoms with Crippen molar-refractivity contribution in [3.63, 3.8) is 0 Å². The fourth-order valence-electron chi connectivity index (χ4n) is 2.65. The fraction of sp³-hybridized carbons (Fsp3) is 0.500. The van der Waals surface area contributed by atoms with E-state index >= 15 is 0 Å². The third-order valence-electron chi connectivity index (χ3n) is 4.22. The average Bonchev–Trinajstić information content (AvgIpc) is 2.47. The quantitative estimate of drug-likeness (QED) is 0.650. The second-order valence-corrected chi connectivity index (χ2v) is 6.25. The molecule has 114 valence electrons. The summed E-state index contributed by atoms with van der Waals surface area (Å²) in [7, 11) is 4.30. The number of carbonyl (C=O) groups is 1. The minimum atomic E-state index is 0.0788. The number of ketones is 1. The van der Waals surface area contributed by atoms with Gasteiger partial charge in [0, 0.05) is 37.2 Å². The Kier molecular flexibility index (Phi) is 5.31. The van der Waals surface area contributed by atoms with Crippen molar-refractivity contribution < 1.29 is 9.69 Å². The highest BCUT2D eigenvalue weighted by Gasteiger charge is 2.24. The summed E-state index contributed by atoms with van der Waals surface area (Å²) in [5.74, 6) is 0.0788. The van der Waals surface area contributed by atoms with E-state index in [1.54, 1.807) is 11.8 Å². The number of quaternary nitrogens is 1. The normalized spacial score (nSPS) is 21.7. The number of piperidine rings is 1. The predicted octanol–water partition coefficient (Wildman–Crippen LogP) is 1.19. The Hall–Kier alpha value is -1.46. The molecule has 1 saturated heterocycles. The molecule has 0 saturated carbocycles. The van der Waals surface area contributed by atoms with Crippen LogP contribution in [0.5, 0.6) is 0 Å². The van der Waals surface area contributed by atoms with Crippen molar-refractivity contribution in [1.29, 1.82) is 0 Å². The lowest BCUT2D eigenvalue weighted by Gasteiger charge is -2.34. The molecule has 2 N–H and O–H groups in total. The molecule has 4 nitrogen and oxygen atoms in total. The first-order valence-corrected chi connectivity index (χ1v) is 7.84. The van der Waals surface area contributed by atoms with Crippen LogP contribution in [0.3, 0.4) is 0 Å². The Bertz CT molecular complexity index is 507. The van der Waals surface area contributed by atoms with Gasteiger partial charge in [0.2, 0.25) is 0 Å². The molecule has 1 heterocycles. The van der Waals surface area contributed by atoms with E-state index in [0.29, 0.717) is 6.04 Å². The first-order valence-electron chi connectivity index (χ1n) is 7.43. The average molecular weight is 306 g/mol. The Labute approximate surface area is 132 Å². The number of benzene rings is 1. The van der Waals surface area contributed by atoms with Crippen molar-refractivity contribution in [3.05, 3.63) is 29.8 Å². The molecule has 0 aliphatic carbocycles. The predicted molar refractivity (Wildman–Crippen MR) is 90.1 cm³/mol. The smallest absolute Gasteiger partial charge is 0.173 e. The highest BCUT2D eigenvalue weighted by molar-refractivity contribution is 7.80. The Morgan fingerprint density at radius 1 is 1.29 bits per heavy atom. The zero-order valence-corrected chi connectivity index (χ0v) is 13.8. The summed E-state index contributed by atoms with van der Waals surface area (Å²) in [5.41, 5.74) is 1.65. The van der Waals surface area contributed by atoms with Crippen LogP contribution in [0.4, 0.5) is 5.69 Å². The summed E-state index contributed by atoms with van der Waals surface area (Å²) in [6, 6.07) is 7.97. The SMILES string of the molecule is CC(=O)c1ccc(NC(=S)N(C)C2CC[NH+](C)CC2)cc1. The molecule has 0 spiro atoms. The van der Waals surface area contributed by atoms with Crippen molar-refractivity contribution in [2.45, 2.75) is 25.8 Å². The van der Waals surface area contributed by atoms with E-state index in [-0.39, 0.29) is 5.78 Å². The molecular weight excluding hydrogens is 282 g/mol. The topological polar surface area (TPSA) is 36.8 Å². The van der Waals surface area contributed by atoms with Gasteiger partial charge < -0.3 is 15.1 Å². The highest BCUT2D eigenvalue weighted by Crippen LogP contribution is 2.13. The van der Waals surface area contributed by atoms with Crippen LogP contribution in [-0.2, 0) is 0 Å². The van der Waals surface area contributed by atoms with Gasteiger partial charge >= 0.3 is 0 Å². The number of anilines is 1. The molecule has 5 heteroatoms. The zero-order valence-electron chi connectivity index (χ0n) is 13.0. The molecule has 1 aromatic carbocycles. The molecule has 21 heavy (non-hydrogen) atoms. The minimum Gasteiger partial charge on any atom is -0.349 e. The van der Waals surface area contributed by atoms with Gasteiger partial charge in [-0.3, -0.25) is 4.79 Å². The van der Waals surface area contributed by atoms with Gasteiger partial charge in [-0.05, 0) is 43.4 Å². The lowest BCUT2D eigenvalue weighted by atomic mass is 10.0. The molecule has 1 fully saturated rings. The largest absolute Gasteiger partial charge is 0.349 e. The van der Waals surface area contributed by atoms with Crippen molar-refractivity contribution in [3.8, 4) is 0 Å². The molecule has 1 aliphatic rings. The minimum absolute atomic E-state index is 0.0788. The lowest BCUT2D eigenvalue weighted by Crippen LogP contribution is -3.10. The van der Waals surface area contributed by atoms with Crippen LogP contribution in [0.15, 0.2) is 24.3 Å². The van der Waals surface area contributed by atoms with E-state index in [1.807, 2.05) is 24.3 Å². The molecule has 0 aromatic heterocycles. The van der Waals surface area contributed by atoms with Gasteiger partial charge in [-0.25, -0.2) is 0 Å². The van der Waals surface area contributed by atoms with E-state index < -0.39 is 0 Å². The molecule has 0 bridgehead atoms. The van der Waals surface area contributed by atoms with Crippen LogP contribution in [-0.4, -0.2) is 49.0 Å². The highest BCUT2D eigenvalue weighted by atomic mass is 32.1. The van der Waals surface area contributed by atoms with Gasteiger partial charge in [0.15, 0.2) is 10.9 Å². The Balaban J connectivity index is 1.92. The maximum absolute atomic E-state index is 11.3. The monoisotopic (exact) mass is 306 g/mol. The summed E-state index contributed by atoms with van der Waals surface area (Å²) in [6.07, 6.45) is 2.35.